The van der Waals surface area contributed by atoms with E-state index in [4.69, 9.17) is 9.84 Å². The van der Waals surface area contributed by atoms with E-state index in [-0.39, 0.29) is 18.6 Å². The van der Waals surface area contributed by atoms with Gasteiger partial charge < -0.3 is 20.5 Å². The number of hydrogen-bond donors (Lipinski definition) is 3. The minimum atomic E-state index is -1.25. The summed E-state index contributed by atoms with van der Waals surface area (Å²) in [6.07, 6.45) is 2.81. The average molecular weight is 346 g/mol. The fraction of sp³-hybridized carbons (Fsp3) is 0.500. The third-order valence-corrected chi connectivity index (χ3v) is 4.75. The monoisotopic (exact) mass is 346 g/mol. The molecular weight excluding hydrogens is 324 g/mol. The molecule has 1 aliphatic carbocycles. The number of rotatable bonds is 7. The molecular formula is C18H22N2O5. The molecule has 3 N–H and O–H groups in total. The van der Waals surface area contributed by atoms with Gasteiger partial charge in [0.15, 0.2) is 0 Å². The molecule has 1 heterocycles. The number of carboxylic acids is 1. The standard InChI is InChI=1S/C18H22N2O5/c21-15(19-11-14-5-2-8-25-14)13-4-1-3-12(9-13)10-20-16(22)18(6-7-18)17(23)24/h1,3-4,9,14H,2,5-8,10-11H2,(H,19,21)(H,20,22)(H,23,24). The van der Waals surface area contributed by atoms with Gasteiger partial charge in [-0.3, -0.25) is 14.4 Å². The molecule has 1 aliphatic heterocycles. The molecule has 3 rings (SSSR count). The first-order chi connectivity index (χ1) is 12.0. The molecule has 7 nitrogen and oxygen atoms in total. The fourth-order valence-corrected chi connectivity index (χ4v) is 2.95. The predicted octanol–water partition coefficient (Wildman–Crippen LogP) is 1.08. The second-order valence-electron chi connectivity index (χ2n) is 6.62. The van der Waals surface area contributed by atoms with Crippen molar-refractivity contribution in [2.75, 3.05) is 13.2 Å². The van der Waals surface area contributed by atoms with Crippen molar-refractivity contribution in [2.45, 2.75) is 38.3 Å². The Bertz CT molecular complexity index is 678. The summed E-state index contributed by atoms with van der Waals surface area (Å²) in [5.74, 6) is -1.73. The molecule has 2 fully saturated rings. The van der Waals surface area contributed by atoms with Crippen LogP contribution in [0.25, 0.3) is 0 Å². The lowest BCUT2D eigenvalue weighted by atomic mass is 10.1. The van der Waals surface area contributed by atoms with Crippen LogP contribution in [0.2, 0.25) is 0 Å². The van der Waals surface area contributed by atoms with Gasteiger partial charge in [-0.2, -0.15) is 0 Å². The first-order valence-electron chi connectivity index (χ1n) is 8.52. The van der Waals surface area contributed by atoms with Gasteiger partial charge in [-0.25, -0.2) is 0 Å². The van der Waals surface area contributed by atoms with Gasteiger partial charge in [0, 0.05) is 25.3 Å². The lowest BCUT2D eigenvalue weighted by Crippen LogP contribution is -2.36. The van der Waals surface area contributed by atoms with Crippen LogP contribution in [0.3, 0.4) is 0 Å². The van der Waals surface area contributed by atoms with E-state index in [0.717, 1.165) is 25.0 Å². The highest BCUT2D eigenvalue weighted by Gasteiger charge is 2.56. The first-order valence-corrected chi connectivity index (χ1v) is 8.52. The second-order valence-corrected chi connectivity index (χ2v) is 6.62. The van der Waals surface area contributed by atoms with Gasteiger partial charge >= 0.3 is 5.97 Å². The third kappa shape index (κ3) is 3.99. The van der Waals surface area contributed by atoms with Crippen molar-refractivity contribution in [3.05, 3.63) is 35.4 Å². The molecule has 0 aromatic heterocycles. The minimum absolute atomic E-state index is 0.0807. The van der Waals surface area contributed by atoms with E-state index in [0.29, 0.717) is 24.9 Å². The highest BCUT2D eigenvalue weighted by molar-refractivity contribution is 6.04. The molecule has 1 unspecified atom stereocenters. The van der Waals surface area contributed by atoms with E-state index in [2.05, 4.69) is 10.6 Å². The van der Waals surface area contributed by atoms with Crippen molar-refractivity contribution in [3.63, 3.8) is 0 Å². The highest BCUT2D eigenvalue weighted by Crippen LogP contribution is 2.46. The van der Waals surface area contributed by atoms with E-state index < -0.39 is 17.3 Å². The molecule has 0 bridgehead atoms. The Hall–Kier alpha value is -2.41. The van der Waals surface area contributed by atoms with Crippen LogP contribution in [0.1, 0.15) is 41.6 Å². The Kier molecular flexibility index (Phi) is 5.03. The Morgan fingerprint density at radius 1 is 1.24 bits per heavy atom. The number of aliphatic carboxylic acids is 1. The SMILES string of the molecule is O=C(NCC1CCCO1)c1cccc(CNC(=O)C2(C(=O)O)CC2)c1. The second kappa shape index (κ2) is 7.23. The van der Waals surface area contributed by atoms with Crippen molar-refractivity contribution in [1.29, 1.82) is 0 Å². The predicted molar refractivity (Wildman–Crippen MR) is 88.9 cm³/mol. The zero-order valence-corrected chi connectivity index (χ0v) is 13.9. The maximum Gasteiger partial charge on any atom is 0.319 e. The molecule has 1 aromatic rings. The number of benzene rings is 1. The molecule has 2 aliphatic rings. The molecule has 7 heteroatoms. The van der Waals surface area contributed by atoms with Crippen molar-refractivity contribution in [2.24, 2.45) is 5.41 Å². The molecule has 25 heavy (non-hydrogen) atoms. The highest BCUT2D eigenvalue weighted by atomic mass is 16.5. The van der Waals surface area contributed by atoms with Crippen molar-refractivity contribution < 1.29 is 24.2 Å². The van der Waals surface area contributed by atoms with E-state index in [1.807, 2.05) is 0 Å². The van der Waals surface area contributed by atoms with Gasteiger partial charge in [0.1, 0.15) is 5.41 Å². The number of nitrogens with one attached hydrogen (secondary N) is 2. The van der Waals surface area contributed by atoms with Crippen LogP contribution in [0, 0.1) is 5.41 Å². The smallest absolute Gasteiger partial charge is 0.319 e. The van der Waals surface area contributed by atoms with Crippen molar-refractivity contribution >= 4 is 17.8 Å². The number of carbonyl (C=O) groups excluding carboxylic acids is 2. The van der Waals surface area contributed by atoms with Gasteiger partial charge in [0.2, 0.25) is 5.91 Å². The van der Waals surface area contributed by atoms with Gasteiger partial charge in [-0.1, -0.05) is 12.1 Å². The van der Waals surface area contributed by atoms with Crippen LogP contribution in [-0.4, -0.2) is 42.1 Å². The lowest BCUT2D eigenvalue weighted by Gasteiger charge is -2.12. The molecule has 2 amide bonds. The fourth-order valence-electron chi connectivity index (χ4n) is 2.95. The number of hydrogen-bond acceptors (Lipinski definition) is 4. The van der Waals surface area contributed by atoms with E-state index in [1.165, 1.54) is 0 Å². The van der Waals surface area contributed by atoms with Crippen LogP contribution < -0.4 is 10.6 Å². The van der Waals surface area contributed by atoms with Crippen LogP contribution in [0.5, 0.6) is 0 Å². The zero-order valence-electron chi connectivity index (χ0n) is 13.9. The summed E-state index contributed by atoms with van der Waals surface area (Å²) in [5.41, 5.74) is -0.000535. The van der Waals surface area contributed by atoms with Gasteiger partial charge in [0.25, 0.3) is 5.91 Å². The summed E-state index contributed by atoms with van der Waals surface area (Å²) in [6, 6.07) is 6.94. The zero-order chi connectivity index (χ0) is 17.9. The lowest BCUT2D eigenvalue weighted by molar-refractivity contribution is -0.149. The van der Waals surface area contributed by atoms with Crippen LogP contribution in [-0.2, 0) is 20.9 Å². The number of carbonyl (C=O) groups is 3. The summed E-state index contributed by atoms with van der Waals surface area (Å²) in [4.78, 5) is 35.4. The normalized spacial score (nSPS) is 20.7. The molecule has 0 radical (unpaired) electrons. The molecule has 1 saturated carbocycles. The summed E-state index contributed by atoms with van der Waals surface area (Å²) in [5, 5.41) is 14.6. The van der Waals surface area contributed by atoms with Crippen LogP contribution in [0.15, 0.2) is 24.3 Å². The summed E-state index contributed by atoms with van der Waals surface area (Å²) < 4.78 is 5.47. The minimum Gasteiger partial charge on any atom is -0.480 e. The summed E-state index contributed by atoms with van der Waals surface area (Å²) in [7, 11) is 0. The summed E-state index contributed by atoms with van der Waals surface area (Å²) in [6.45, 7) is 1.43. The molecule has 134 valence electrons. The first kappa shape index (κ1) is 17.4. The van der Waals surface area contributed by atoms with Crippen molar-refractivity contribution in [3.8, 4) is 0 Å². The Labute approximate surface area is 145 Å². The molecule has 1 atom stereocenters. The Morgan fingerprint density at radius 3 is 2.68 bits per heavy atom. The Morgan fingerprint density at radius 2 is 2.04 bits per heavy atom. The topological polar surface area (TPSA) is 105 Å². The van der Waals surface area contributed by atoms with E-state index in [1.54, 1.807) is 24.3 Å². The summed E-state index contributed by atoms with van der Waals surface area (Å²) >= 11 is 0. The Balaban J connectivity index is 1.53. The van der Waals surface area contributed by atoms with Crippen molar-refractivity contribution in [1.82, 2.24) is 10.6 Å². The molecule has 0 spiro atoms. The number of amides is 2. The third-order valence-electron chi connectivity index (χ3n) is 4.75. The van der Waals surface area contributed by atoms with E-state index in [9.17, 15) is 14.4 Å². The maximum absolute atomic E-state index is 12.2. The van der Waals surface area contributed by atoms with E-state index >= 15 is 0 Å². The largest absolute Gasteiger partial charge is 0.480 e. The average Bonchev–Trinajstić information content (AvgIpc) is 3.28. The van der Waals surface area contributed by atoms with Gasteiger partial charge in [0.05, 0.1) is 6.10 Å². The van der Waals surface area contributed by atoms with Gasteiger partial charge in [-0.15, -0.1) is 0 Å². The number of carboxylic acid groups (broad SMARTS) is 1. The van der Waals surface area contributed by atoms with Gasteiger partial charge in [-0.05, 0) is 43.4 Å². The van der Waals surface area contributed by atoms with Crippen LogP contribution >= 0.6 is 0 Å². The molecule has 1 aromatic carbocycles. The molecule has 1 saturated heterocycles. The van der Waals surface area contributed by atoms with Crippen LogP contribution in [0.4, 0.5) is 0 Å². The number of ether oxygens (including phenoxy) is 1. The maximum atomic E-state index is 12.2. The quantitative estimate of drug-likeness (QED) is 0.641.